The lowest BCUT2D eigenvalue weighted by Gasteiger charge is -2.31. The standard InChI is InChI=1S/C19H20FN3O2S/c1-13-8-9-16-17(11-13)22-19(21-16)14-5-4-10-23(12-14)26(24,25)18-7-3-2-6-15(18)20/h2-3,6-9,11,14H,4-5,10,12H2,1H3,(H,21,22)/t14-/m0/s1. The van der Waals surface area contributed by atoms with Crippen LogP contribution in [0.5, 0.6) is 0 Å². The summed E-state index contributed by atoms with van der Waals surface area (Å²) >= 11 is 0. The molecule has 1 fully saturated rings. The Morgan fingerprint density at radius 1 is 1.23 bits per heavy atom. The number of nitrogens with zero attached hydrogens (tertiary/aromatic N) is 2. The first-order chi connectivity index (χ1) is 12.4. The van der Waals surface area contributed by atoms with Crippen LogP contribution in [0.4, 0.5) is 4.39 Å². The summed E-state index contributed by atoms with van der Waals surface area (Å²) in [5, 5.41) is 0. The number of piperidine rings is 1. The average Bonchev–Trinajstić information content (AvgIpc) is 3.05. The Bertz CT molecular complexity index is 1060. The van der Waals surface area contributed by atoms with Crippen LogP contribution < -0.4 is 0 Å². The van der Waals surface area contributed by atoms with Gasteiger partial charge in [-0.2, -0.15) is 4.31 Å². The molecule has 1 aromatic heterocycles. The molecule has 1 atom stereocenters. The molecule has 0 radical (unpaired) electrons. The lowest BCUT2D eigenvalue weighted by Crippen LogP contribution is -2.39. The van der Waals surface area contributed by atoms with Crippen molar-refractivity contribution in [1.29, 1.82) is 0 Å². The summed E-state index contributed by atoms with van der Waals surface area (Å²) in [6.07, 6.45) is 1.57. The van der Waals surface area contributed by atoms with Crippen LogP contribution >= 0.6 is 0 Å². The second-order valence-corrected chi connectivity index (χ2v) is 8.68. The van der Waals surface area contributed by atoms with Crippen molar-refractivity contribution in [1.82, 2.24) is 14.3 Å². The van der Waals surface area contributed by atoms with E-state index in [1.165, 1.54) is 22.5 Å². The quantitative estimate of drug-likeness (QED) is 0.763. The molecule has 2 aromatic carbocycles. The maximum absolute atomic E-state index is 14.0. The molecule has 0 spiro atoms. The van der Waals surface area contributed by atoms with Gasteiger partial charge < -0.3 is 4.98 Å². The average molecular weight is 373 g/mol. The number of imidazole rings is 1. The molecule has 0 aliphatic carbocycles. The number of hydrogen-bond donors (Lipinski definition) is 1. The monoisotopic (exact) mass is 373 g/mol. The van der Waals surface area contributed by atoms with Gasteiger partial charge in [0.15, 0.2) is 0 Å². The molecule has 136 valence electrons. The fraction of sp³-hybridized carbons (Fsp3) is 0.316. The number of rotatable bonds is 3. The normalized spacial score (nSPS) is 19.1. The third kappa shape index (κ3) is 3.01. The predicted molar refractivity (Wildman–Crippen MR) is 98.0 cm³/mol. The van der Waals surface area contributed by atoms with Gasteiger partial charge in [0.1, 0.15) is 16.5 Å². The molecule has 4 rings (SSSR count). The van der Waals surface area contributed by atoms with Gasteiger partial charge >= 0.3 is 0 Å². The van der Waals surface area contributed by atoms with Crippen molar-refractivity contribution in [2.75, 3.05) is 13.1 Å². The zero-order valence-electron chi connectivity index (χ0n) is 14.4. The minimum atomic E-state index is -3.85. The van der Waals surface area contributed by atoms with Gasteiger partial charge in [-0.15, -0.1) is 0 Å². The van der Waals surface area contributed by atoms with Crippen LogP contribution in [0.25, 0.3) is 11.0 Å². The largest absolute Gasteiger partial charge is 0.342 e. The highest BCUT2D eigenvalue weighted by molar-refractivity contribution is 7.89. The number of aryl methyl sites for hydroxylation is 1. The first-order valence-corrected chi connectivity index (χ1v) is 10.1. The molecule has 0 saturated carbocycles. The van der Waals surface area contributed by atoms with E-state index in [1.54, 1.807) is 6.07 Å². The van der Waals surface area contributed by atoms with Crippen molar-refractivity contribution in [3.63, 3.8) is 0 Å². The molecule has 7 heteroatoms. The van der Waals surface area contributed by atoms with E-state index < -0.39 is 15.8 Å². The summed E-state index contributed by atoms with van der Waals surface area (Å²) in [5.41, 5.74) is 2.97. The number of fused-ring (bicyclic) bond motifs is 1. The maximum Gasteiger partial charge on any atom is 0.246 e. The Morgan fingerprint density at radius 3 is 2.85 bits per heavy atom. The second-order valence-electron chi connectivity index (χ2n) is 6.78. The van der Waals surface area contributed by atoms with E-state index in [-0.39, 0.29) is 10.8 Å². The van der Waals surface area contributed by atoms with E-state index in [9.17, 15) is 12.8 Å². The lowest BCUT2D eigenvalue weighted by molar-refractivity contribution is 0.309. The van der Waals surface area contributed by atoms with Gasteiger partial charge in [0.2, 0.25) is 10.0 Å². The van der Waals surface area contributed by atoms with E-state index in [0.717, 1.165) is 28.8 Å². The van der Waals surface area contributed by atoms with Gasteiger partial charge in [-0.1, -0.05) is 18.2 Å². The van der Waals surface area contributed by atoms with Gasteiger partial charge in [-0.05, 0) is 49.6 Å². The fourth-order valence-corrected chi connectivity index (χ4v) is 5.10. The molecule has 2 heterocycles. The minimum absolute atomic E-state index is 0.0296. The minimum Gasteiger partial charge on any atom is -0.342 e. The Balaban J connectivity index is 1.63. The summed E-state index contributed by atoms with van der Waals surface area (Å²) in [7, 11) is -3.85. The smallest absolute Gasteiger partial charge is 0.246 e. The second kappa shape index (κ2) is 6.48. The highest BCUT2D eigenvalue weighted by Gasteiger charge is 2.33. The number of halogens is 1. The molecular formula is C19H20FN3O2S. The van der Waals surface area contributed by atoms with E-state index >= 15 is 0 Å². The highest BCUT2D eigenvalue weighted by Crippen LogP contribution is 2.30. The SMILES string of the molecule is Cc1ccc2nc([C@H]3CCCN(S(=O)(=O)c4ccccc4F)C3)[nH]c2c1. The van der Waals surface area contributed by atoms with Gasteiger partial charge in [0, 0.05) is 19.0 Å². The van der Waals surface area contributed by atoms with Crippen LogP contribution in [0.1, 0.15) is 30.1 Å². The summed E-state index contributed by atoms with van der Waals surface area (Å²) < 4.78 is 41.1. The van der Waals surface area contributed by atoms with Crippen molar-refractivity contribution in [2.24, 2.45) is 0 Å². The van der Waals surface area contributed by atoms with Crippen molar-refractivity contribution in [3.05, 3.63) is 59.7 Å². The number of benzene rings is 2. The van der Waals surface area contributed by atoms with Gasteiger partial charge in [-0.3, -0.25) is 0 Å². The predicted octanol–water partition coefficient (Wildman–Crippen LogP) is 3.58. The summed E-state index contributed by atoms with van der Waals surface area (Å²) in [4.78, 5) is 7.69. The van der Waals surface area contributed by atoms with Crippen LogP contribution in [0.3, 0.4) is 0 Å². The highest BCUT2D eigenvalue weighted by atomic mass is 32.2. The van der Waals surface area contributed by atoms with Crippen LogP contribution in [-0.4, -0.2) is 35.8 Å². The van der Waals surface area contributed by atoms with Crippen LogP contribution in [0, 0.1) is 12.7 Å². The third-order valence-electron chi connectivity index (χ3n) is 4.88. The molecular weight excluding hydrogens is 353 g/mol. The number of nitrogens with one attached hydrogen (secondary N) is 1. The summed E-state index contributed by atoms with van der Waals surface area (Å²) in [5.74, 6) is 0.0471. The van der Waals surface area contributed by atoms with Gasteiger partial charge in [0.25, 0.3) is 0 Å². The Labute approximate surface area is 151 Å². The van der Waals surface area contributed by atoms with Crippen molar-refractivity contribution < 1.29 is 12.8 Å². The summed E-state index contributed by atoms with van der Waals surface area (Å²) in [6, 6.07) is 11.5. The lowest BCUT2D eigenvalue weighted by atomic mass is 9.99. The number of H-pyrrole nitrogens is 1. The molecule has 5 nitrogen and oxygen atoms in total. The van der Waals surface area contributed by atoms with Crippen LogP contribution in [0.2, 0.25) is 0 Å². The molecule has 0 bridgehead atoms. The molecule has 3 aromatic rings. The molecule has 0 amide bonds. The molecule has 0 unspecified atom stereocenters. The first kappa shape index (κ1) is 17.2. The van der Waals surface area contributed by atoms with Crippen molar-refractivity contribution in [3.8, 4) is 0 Å². The number of aromatic nitrogens is 2. The molecule has 1 aliphatic rings. The Kier molecular flexibility index (Phi) is 4.28. The molecule has 1 N–H and O–H groups in total. The first-order valence-electron chi connectivity index (χ1n) is 8.66. The molecule has 1 aliphatic heterocycles. The van der Waals surface area contributed by atoms with Gasteiger partial charge in [0.05, 0.1) is 11.0 Å². The third-order valence-corrected chi connectivity index (χ3v) is 6.78. The van der Waals surface area contributed by atoms with Crippen molar-refractivity contribution in [2.45, 2.75) is 30.6 Å². The zero-order chi connectivity index (χ0) is 18.3. The van der Waals surface area contributed by atoms with E-state index in [0.29, 0.717) is 19.5 Å². The van der Waals surface area contributed by atoms with Gasteiger partial charge in [-0.25, -0.2) is 17.8 Å². The Morgan fingerprint density at radius 2 is 2.04 bits per heavy atom. The van der Waals surface area contributed by atoms with Crippen molar-refractivity contribution >= 4 is 21.1 Å². The van der Waals surface area contributed by atoms with Crippen LogP contribution in [0.15, 0.2) is 47.4 Å². The number of aromatic amines is 1. The Hall–Kier alpha value is -2.25. The molecule has 1 saturated heterocycles. The number of sulfonamides is 1. The maximum atomic E-state index is 14.0. The van der Waals surface area contributed by atoms with Crippen LogP contribution in [-0.2, 0) is 10.0 Å². The topological polar surface area (TPSA) is 66.1 Å². The fourth-order valence-electron chi connectivity index (χ4n) is 3.51. The molecule has 26 heavy (non-hydrogen) atoms. The number of hydrogen-bond acceptors (Lipinski definition) is 3. The van der Waals surface area contributed by atoms with E-state index in [2.05, 4.69) is 9.97 Å². The zero-order valence-corrected chi connectivity index (χ0v) is 15.3. The van der Waals surface area contributed by atoms with E-state index in [1.807, 2.05) is 25.1 Å². The van der Waals surface area contributed by atoms with E-state index in [4.69, 9.17) is 0 Å². The summed E-state index contributed by atoms with van der Waals surface area (Å²) in [6.45, 7) is 2.71.